The molecular weight excluding hydrogens is 256 g/mol. The average molecular weight is 268 g/mol. The second kappa shape index (κ2) is 5.54. The third-order valence-corrected chi connectivity index (χ3v) is 2.89. The van der Waals surface area contributed by atoms with Crippen LogP contribution in [-0.2, 0) is 4.74 Å². The van der Waals surface area contributed by atoms with Crippen LogP contribution in [0.5, 0.6) is 0 Å². The minimum atomic E-state index is -0.443. The van der Waals surface area contributed by atoms with Gasteiger partial charge in [0.2, 0.25) is 0 Å². The van der Waals surface area contributed by atoms with Crippen molar-refractivity contribution in [3.8, 4) is 0 Å². The number of tetrazole rings is 1. The first-order chi connectivity index (χ1) is 8.72. The molecule has 9 heteroatoms. The topological polar surface area (TPSA) is 106 Å². The van der Waals surface area contributed by atoms with Crippen LogP contribution in [0.3, 0.4) is 0 Å². The van der Waals surface area contributed by atoms with E-state index >= 15 is 0 Å². The second-order valence-corrected chi connectivity index (χ2v) is 4.24. The van der Waals surface area contributed by atoms with Crippen LogP contribution in [0.4, 0.5) is 5.00 Å². The first-order valence-corrected chi connectivity index (χ1v) is 6.20. The lowest BCUT2D eigenvalue weighted by Gasteiger charge is -2.10. The van der Waals surface area contributed by atoms with Gasteiger partial charge in [-0.05, 0) is 13.8 Å². The molecule has 2 N–H and O–H groups in total. The summed E-state index contributed by atoms with van der Waals surface area (Å²) in [7, 11) is 0. The van der Waals surface area contributed by atoms with E-state index in [2.05, 4.69) is 30.9 Å². The predicted octanol–water partition coefficient (Wildman–Crippen LogP) is 1.01. The summed E-state index contributed by atoms with van der Waals surface area (Å²) in [5, 5.41) is 17.3. The van der Waals surface area contributed by atoms with Crippen LogP contribution < -0.4 is 5.32 Å². The zero-order valence-electron chi connectivity index (χ0n) is 9.88. The molecule has 1 atom stereocenters. The van der Waals surface area contributed by atoms with Gasteiger partial charge in [0.1, 0.15) is 5.00 Å². The maximum atomic E-state index is 11.6. The van der Waals surface area contributed by atoms with Crippen LogP contribution in [0.15, 0.2) is 5.51 Å². The van der Waals surface area contributed by atoms with Gasteiger partial charge in [-0.25, -0.2) is 9.78 Å². The van der Waals surface area contributed by atoms with Crippen molar-refractivity contribution < 1.29 is 9.53 Å². The highest BCUT2D eigenvalue weighted by atomic mass is 32.1. The first kappa shape index (κ1) is 12.4. The lowest BCUT2D eigenvalue weighted by atomic mass is 10.3. The van der Waals surface area contributed by atoms with E-state index in [4.69, 9.17) is 4.74 Å². The smallest absolute Gasteiger partial charge is 0.360 e. The SMILES string of the molecule is CCOC(=O)c1ncsc1NC(C)c1nn[nH]n1. The minimum Gasteiger partial charge on any atom is -0.461 e. The number of carbonyl (C=O) groups is 1. The Kier molecular flexibility index (Phi) is 3.82. The van der Waals surface area contributed by atoms with Crippen LogP contribution in [-0.4, -0.2) is 38.2 Å². The zero-order valence-corrected chi connectivity index (χ0v) is 10.7. The Balaban J connectivity index is 2.10. The number of rotatable bonds is 5. The third kappa shape index (κ3) is 2.62. The fraction of sp³-hybridized carbons (Fsp3) is 0.444. The zero-order chi connectivity index (χ0) is 13.0. The summed E-state index contributed by atoms with van der Waals surface area (Å²) in [4.78, 5) is 15.6. The van der Waals surface area contributed by atoms with Crippen LogP contribution >= 0.6 is 11.3 Å². The van der Waals surface area contributed by atoms with Crippen molar-refractivity contribution in [3.05, 3.63) is 17.0 Å². The van der Waals surface area contributed by atoms with Gasteiger partial charge < -0.3 is 10.1 Å². The van der Waals surface area contributed by atoms with Crippen LogP contribution in [0.2, 0.25) is 0 Å². The monoisotopic (exact) mass is 268 g/mol. The Morgan fingerprint density at radius 1 is 1.67 bits per heavy atom. The molecule has 0 amide bonds. The summed E-state index contributed by atoms with van der Waals surface area (Å²) in [5.41, 5.74) is 1.86. The number of ether oxygens (including phenoxy) is 1. The van der Waals surface area contributed by atoms with Crippen molar-refractivity contribution in [1.82, 2.24) is 25.6 Å². The largest absolute Gasteiger partial charge is 0.461 e. The molecule has 0 radical (unpaired) electrons. The molecule has 0 aliphatic heterocycles. The number of esters is 1. The molecule has 8 nitrogen and oxygen atoms in total. The summed E-state index contributed by atoms with van der Waals surface area (Å²) >= 11 is 1.32. The molecule has 0 fully saturated rings. The molecule has 2 aromatic heterocycles. The number of thiazole rings is 1. The molecule has 2 heterocycles. The highest BCUT2D eigenvalue weighted by Gasteiger charge is 2.19. The van der Waals surface area contributed by atoms with Gasteiger partial charge in [-0.1, -0.05) is 5.21 Å². The summed E-state index contributed by atoms with van der Waals surface area (Å²) < 4.78 is 4.91. The highest BCUT2D eigenvalue weighted by Crippen LogP contribution is 2.24. The minimum absolute atomic E-state index is 0.183. The fourth-order valence-corrected chi connectivity index (χ4v) is 2.06. The van der Waals surface area contributed by atoms with E-state index in [0.29, 0.717) is 17.4 Å². The Bertz CT molecular complexity index is 511. The molecule has 2 rings (SSSR count). The van der Waals surface area contributed by atoms with Gasteiger partial charge in [-0.2, -0.15) is 5.21 Å². The van der Waals surface area contributed by atoms with E-state index in [-0.39, 0.29) is 11.7 Å². The number of aromatic amines is 1. The molecular formula is C9H12N6O2S. The van der Waals surface area contributed by atoms with Crippen LogP contribution in [0.1, 0.15) is 36.2 Å². The van der Waals surface area contributed by atoms with E-state index < -0.39 is 5.97 Å². The van der Waals surface area contributed by atoms with E-state index in [1.165, 1.54) is 11.3 Å². The van der Waals surface area contributed by atoms with Gasteiger partial charge in [0.15, 0.2) is 11.5 Å². The number of H-pyrrole nitrogens is 1. The van der Waals surface area contributed by atoms with E-state index in [9.17, 15) is 4.79 Å². The van der Waals surface area contributed by atoms with Gasteiger partial charge in [-0.15, -0.1) is 21.5 Å². The molecule has 0 saturated carbocycles. The molecule has 96 valence electrons. The standard InChI is InChI=1S/C9H12N6O2S/c1-3-17-9(16)6-8(18-4-10-6)11-5(2)7-12-14-15-13-7/h4-5,11H,3H2,1-2H3,(H,12,13,14,15). The Morgan fingerprint density at radius 3 is 3.17 bits per heavy atom. The Labute approximate surface area is 107 Å². The van der Waals surface area contributed by atoms with Crippen molar-refractivity contribution in [2.45, 2.75) is 19.9 Å². The van der Waals surface area contributed by atoms with Gasteiger partial charge in [0, 0.05) is 0 Å². The lowest BCUT2D eigenvalue weighted by Crippen LogP contribution is -2.12. The number of hydrogen-bond acceptors (Lipinski definition) is 8. The summed E-state index contributed by atoms with van der Waals surface area (Å²) in [6, 6.07) is -0.183. The molecule has 0 spiro atoms. The molecule has 2 aromatic rings. The summed E-state index contributed by atoms with van der Waals surface area (Å²) in [5.74, 6) is 0.0692. The molecule has 0 aliphatic carbocycles. The Morgan fingerprint density at radius 2 is 2.50 bits per heavy atom. The third-order valence-electron chi connectivity index (χ3n) is 2.13. The number of nitrogens with one attached hydrogen (secondary N) is 2. The quantitative estimate of drug-likeness (QED) is 0.779. The molecule has 0 bridgehead atoms. The van der Waals surface area contributed by atoms with Crippen molar-refractivity contribution in [1.29, 1.82) is 0 Å². The van der Waals surface area contributed by atoms with E-state index in [0.717, 1.165) is 0 Å². The lowest BCUT2D eigenvalue weighted by molar-refractivity contribution is 0.0521. The number of aromatic nitrogens is 5. The van der Waals surface area contributed by atoms with Gasteiger partial charge >= 0.3 is 5.97 Å². The molecule has 0 aliphatic rings. The van der Waals surface area contributed by atoms with Crippen molar-refractivity contribution >= 4 is 22.3 Å². The molecule has 1 unspecified atom stereocenters. The van der Waals surface area contributed by atoms with Gasteiger partial charge in [0.05, 0.1) is 18.2 Å². The fourth-order valence-electron chi connectivity index (χ4n) is 1.31. The van der Waals surface area contributed by atoms with Gasteiger partial charge in [-0.3, -0.25) is 0 Å². The Hall–Kier alpha value is -2.03. The number of carbonyl (C=O) groups excluding carboxylic acids is 1. The van der Waals surface area contributed by atoms with Crippen molar-refractivity contribution in [3.63, 3.8) is 0 Å². The molecule has 0 aromatic carbocycles. The normalized spacial score (nSPS) is 12.1. The average Bonchev–Trinajstić information content (AvgIpc) is 2.99. The van der Waals surface area contributed by atoms with Crippen LogP contribution in [0, 0.1) is 0 Å². The van der Waals surface area contributed by atoms with Crippen LogP contribution in [0.25, 0.3) is 0 Å². The maximum absolute atomic E-state index is 11.6. The first-order valence-electron chi connectivity index (χ1n) is 5.32. The number of anilines is 1. The number of nitrogens with zero attached hydrogens (tertiary/aromatic N) is 4. The summed E-state index contributed by atoms with van der Waals surface area (Å²) in [6.07, 6.45) is 0. The van der Waals surface area contributed by atoms with E-state index in [1.807, 2.05) is 6.92 Å². The van der Waals surface area contributed by atoms with E-state index in [1.54, 1.807) is 12.4 Å². The van der Waals surface area contributed by atoms with Crippen molar-refractivity contribution in [2.24, 2.45) is 0 Å². The maximum Gasteiger partial charge on any atom is 0.360 e. The molecule has 18 heavy (non-hydrogen) atoms. The summed E-state index contributed by atoms with van der Waals surface area (Å²) in [6.45, 7) is 3.93. The second-order valence-electron chi connectivity index (χ2n) is 3.39. The number of hydrogen-bond donors (Lipinski definition) is 2. The molecule has 0 saturated heterocycles. The van der Waals surface area contributed by atoms with Crippen molar-refractivity contribution in [2.75, 3.05) is 11.9 Å². The van der Waals surface area contributed by atoms with Gasteiger partial charge in [0.25, 0.3) is 0 Å². The highest BCUT2D eigenvalue weighted by molar-refractivity contribution is 7.14. The predicted molar refractivity (Wildman–Crippen MR) is 64.3 cm³/mol.